The van der Waals surface area contributed by atoms with E-state index in [1.54, 1.807) is 0 Å². The van der Waals surface area contributed by atoms with Gasteiger partial charge < -0.3 is 4.57 Å². The van der Waals surface area contributed by atoms with Crippen LogP contribution in [0.2, 0.25) is 0 Å². The van der Waals surface area contributed by atoms with E-state index in [9.17, 15) is 0 Å². The fraction of sp³-hybridized carbons (Fsp3) is 0.0746. The van der Waals surface area contributed by atoms with Crippen LogP contribution in [0, 0.1) is 0 Å². The molecule has 0 saturated carbocycles. The van der Waals surface area contributed by atoms with Crippen LogP contribution in [0.1, 0.15) is 54.6 Å². The van der Waals surface area contributed by atoms with Gasteiger partial charge in [-0.05, 0) is 134 Å². The maximum Gasteiger partial charge on any atom is 0.160 e. The summed E-state index contributed by atoms with van der Waals surface area (Å²) in [5.74, 6) is 0.743. The van der Waals surface area contributed by atoms with Crippen molar-refractivity contribution in [3.63, 3.8) is 0 Å². The smallest absolute Gasteiger partial charge is 0.160 e. The summed E-state index contributed by atoms with van der Waals surface area (Å²) in [5.41, 5.74) is 23.5. The molecule has 0 saturated heterocycles. The number of rotatable bonds is 6. The maximum atomic E-state index is 5.22. The van der Waals surface area contributed by atoms with Crippen LogP contribution in [0.4, 0.5) is 0 Å². The fourth-order valence-electron chi connectivity index (χ4n) is 11.7. The second-order valence-electron chi connectivity index (χ2n) is 18.3. The predicted octanol–water partition coefficient (Wildman–Crippen LogP) is 17.3. The lowest BCUT2D eigenvalue weighted by Crippen LogP contribution is -2.26. The lowest BCUT2D eigenvalue weighted by molar-refractivity contribution is 0.794. The van der Waals surface area contributed by atoms with Gasteiger partial charge in [-0.25, -0.2) is 9.97 Å². The van der Waals surface area contributed by atoms with Gasteiger partial charge in [0.25, 0.3) is 0 Å². The summed E-state index contributed by atoms with van der Waals surface area (Å²) in [4.78, 5) is 10.3. The summed E-state index contributed by atoms with van der Waals surface area (Å²) in [7, 11) is 0. The maximum absolute atomic E-state index is 5.22. The molecule has 0 unspecified atom stereocenters. The quantitative estimate of drug-likeness (QED) is 0.166. The molecule has 11 aromatic rings. The second kappa shape index (κ2) is 16.8. The van der Waals surface area contributed by atoms with Gasteiger partial charge in [-0.2, -0.15) is 0 Å². The number of nitrogens with zero attached hydrogens (tertiary/aromatic N) is 3. The van der Waals surface area contributed by atoms with Crippen LogP contribution >= 0.6 is 0 Å². The van der Waals surface area contributed by atoms with Crippen molar-refractivity contribution in [2.75, 3.05) is 0 Å². The molecule has 3 nitrogen and oxygen atoms in total. The second-order valence-corrected chi connectivity index (χ2v) is 18.3. The molecule has 3 aliphatic carbocycles. The first-order chi connectivity index (χ1) is 34.7. The molecule has 0 aliphatic heterocycles. The Morgan fingerprint density at radius 3 is 1.56 bits per heavy atom. The molecule has 1 spiro atoms. The summed E-state index contributed by atoms with van der Waals surface area (Å²) in [6.07, 6.45) is 8.55. The fourth-order valence-corrected chi connectivity index (χ4v) is 11.7. The third-order valence-electron chi connectivity index (χ3n) is 14.7. The minimum Gasteiger partial charge on any atom is -0.309 e. The SMILES string of the molecule is C1=CCCC(c2cc(-c3cccc(-c4ccc5c(c4)C4(c6ccccc6-c6ccccc64)c4cc(-c6cccc(-n7c8ccccc8c8ccccc87)c6)ccc4-5)c3)nc(-c3ccccc3)n2)=C1.CC. The van der Waals surface area contributed by atoms with E-state index in [1.165, 1.54) is 88.6 Å². The Labute approximate surface area is 409 Å². The van der Waals surface area contributed by atoms with Crippen molar-refractivity contribution in [1.29, 1.82) is 0 Å². The molecule has 0 atom stereocenters. The molecule has 332 valence electrons. The average Bonchev–Trinajstić information content (AvgIpc) is 4.05. The van der Waals surface area contributed by atoms with Crippen molar-refractivity contribution in [1.82, 2.24) is 14.5 Å². The van der Waals surface area contributed by atoms with Gasteiger partial charge in [0.05, 0.1) is 27.8 Å². The summed E-state index contributed by atoms with van der Waals surface area (Å²) < 4.78 is 2.41. The Bertz CT molecular complexity index is 3820. The molecule has 0 N–H and O–H groups in total. The molecule has 3 heteroatoms. The molecule has 0 fully saturated rings. The van der Waals surface area contributed by atoms with E-state index in [1.807, 2.05) is 19.9 Å². The highest BCUT2D eigenvalue weighted by molar-refractivity contribution is 6.09. The van der Waals surface area contributed by atoms with E-state index in [-0.39, 0.29) is 0 Å². The molecule has 0 bridgehead atoms. The van der Waals surface area contributed by atoms with Crippen LogP contribution < -0.4 is 0 Å². The zero-order valence-electron chi connectivity index (χ0n) is 39.3. The molecular formula is C67H49N3. The minimum atomic E-state index is -0.514. The molecule has 14 rings (SSSR count). The van der Waals surface area contributed by atoms with Crippen LogP contribution in [0.5, 0.6) is 0 Å². The van der Waals surface area contributed by atoms with Gasteiger partial charge >= 0.3 is 0 Å². The molecule has 3 aliphatic rings. The van der Waals surface area contributed by atoms with Crippen LogP contribution in [-0.4, -0.2) is 14.5 Å². The Balaban J connectivity index is 0.00000237. The lowest BCUT2D eigenvalue weighted by atomic mass is 9.70. The van der Waals surface area contributed by atoms with Crippen molar-refractivity contribution in [3.05, 3.63) is 265 Å². The highest BCUT2D eigenvalue weighted by Gasteiger charge is 2.51. The molecule has 2 aromatic heterocycles. The van der Waals surface area contributed by atoms with Gasteiger partial charge in [0.15, 0.2) is 5.82 Å². The molecule has 70 heavy (non-hydrogen) atoms. The van der Waals surface area contributed by atoms with Crippen molar-refractivity contribution in [2.45, 2.75) is 32.1 Å². The highest BCUT2D eigenvalue weighted by Crippen LogP contribution is 2.63. The Kier molecular flexibility index (Phi) is 9.99. The summed E-state index contributed by atoms with van der Waals surface area (Å²) in [6, 6.07) is 80.6. The number of allylic oxidation sites excluding steroid dienone is 4. The van der Waals surface area contributed by atoms with Crippen molar-refractivity contribution >= 4 is 27.4 Å². The van der Waals surface area contributed by atoms with E-state index < -0.39 is 5.41 Å². The number of hydrogen-bond donors (Lipinski definition) is 0. The van der Waals surface area contributed by atoms with Crippen LogP contribution in [0.3, 0.4) is 0 Å². The number of para-hydroxylation sites is 2. The van der Waals surface area contributed by atoms with E-state index >= 15 is 0 Å². The van der Waals surface area contributed by atoms with Crippen molar-refractivity contribution in [2.24, 2.45) is 0 Å². The summed E-state index contributed by atoms with van der Waals surface area (Å²) in [6.45, 7) is 4.00. The van der Waals surface area contributed by atoms with Gasteiger partial charge in [0.1, 0.15) is 0 Å². The monoisotopic (exact) mass is 895 g/mol. The summed E-state index contributed by atoms with van der Waals surface area (Å²) in [5, 5.41) is 2.53. The first-order valence-corrected chi connectivity index (χ1v) is 24.7. The Morgan fingerprint density at radius 2 is 0.914 bits per heavy atom. The predicted molar refractivity (Wildman–Crippen MR) is 292 cm³/mol. The normalized spacial score (nSPS) is 13.6. The molecule has 0 radical (unpaired) electrons. The lowest BCUT2D eigenvalue weighted by Gasteiger charge is -2.31. The van der Waals surface area contributed by atoms with Gasteiger partial charge in [0, 0.05) is 27.6 Å². The van der Waals surface area contributed by atoms with E-state index in [2.05, 4.69) is 235 Å². The van der Waals surface area contributed by atoms with Crippen LogP contribution in [0.25, 0.3) is 100 Å². The van der Waals surface area contributed by atoms with Crippen LogP contribution in [-0.2, 0) is 5.41 Å². The molecule has 2 heterocycles. The number of aromatic nitrogens is 3. The van der Waals surface area contributed by atoms with Gasteiger partial charge in [-0.3, -0.25) is 0 Å². The topological polar surface area (TPSA) is 30.7 Å². The highest BCUT2D eigenvalue weighted by atomic mass is 15.0. The van der Waals surface area contributed by atoms with E-state index in [4.69, 9.17) is 9.97 Å². The molecule has 0 amide bonds. The Hall–Kier alpha value is -8.66. The standard InChI is InChI=1S/C65H43N3.C2H6/c1-3-17-42(18-4-1)60-41-61(67-64(66-60)43-19-5-2-6-20-43)48-23-15-21-44(37-48)46-33-35-52-53-36-34-47(40-59(53)65(58(52)39-46)56-29-11-7-25-50(56)51-26-8-12-30-57(51)65)45-22-16-24-49(38-45)68-62-31-13-9-27-54(62)55-28-10-14-32-63(55)68;1-2/h1-3,5-17,19-41H,4,18H2;1-2H3. The van der Waals surface area contributed by atoms with Gasteiger partial charge in [0.2, 0.25) is 0 Å². The third kappa shape index (κ3) is 6.42. The van der Waals surface area contributed by atoms with E-state index in [0.29, 0.717) is 0 Å². The molecule has 9 aromatic carbocycles. The van der Waals surface area contributed by atoms with Crippen LogP contribution in [0.15, 0.2) is 237 Å². The zero-order chi connectivity index (χ0) is 46.8. The first-order valence-electron chi connectivity index (χ1n) is 24.7. The first kappa shape index (κ1) is 41.5. The number of benzene rings is 9. The number of hydrogen-bond acceptors (Lipinski definition) is 2. The van der Waals surface area contributed by atoms with Crippen molar-refractivity contribution < 1.29 is 0 Å². The Morgan fingerprint density at radius 1 is 0.400 bits per heavy atom. The minimum absolute atomic E-state index is 0.514. The average molecular weight is 896 g/mol. The van der Waals surface area contributed by atoms with Gasteiger partial charge in [-0.15, -0.1) is 0 Å². The van der Waals surface area contributed by atoms with Crippen molar-refractivity contribution in [3.8, 4) is 72.8 Å². The van der Waals surface area contributed by atoms with Gasteiger partial charge in [-0.1, -0.05) is 202 Å². The third-order valence-corrected chi connectivity index (χ3v) is 14.7. The van der Waals surface area contributed by atoms with E-state index in [0.717, 1.165) is 52.4 Å². The zero-order valence-corrected chi connectivity index (χ0v) is 39.3. The molecular weight excluding hydrogens is 847 g/mol. The summed E-state index contributed by atoms with van der Waals surface area (Å²) >= 11 is 0. The largest absolute Gasteiger partial charge is 0.309 e. The number of fused-ring (bicyclic) bond motifs is 13.